The summed E-state index contributed by atoms with van der Waals surface area (Å²) < 4.78 is 18.4. The number of carbonyl (C=O) groups excluding carboxylic acids is 2. The van der Waals surface area contributed by atoms with Crippen molar-refractivity contribution in [2.24, 2.45) is 5.92 Å². The van der Waals surface area contributed by atoms with Crippen LogP contribution in [-0.4, -0.2) is 60.5 Å². The molecule has 24 heavy (non-hydrogen) atoms. The summed E-state index contributed by atoms with van der Waals surface area (Å²) in [7, 11) is 0. The molecule has 2 aliphatic rings. The summed E-state index contributed by atoms with van der Waals surface area (Å²) in [5, 5.41) is 0. The van der Waals surface area contributed by atoms with Gasteiger partial charge in [0.15, 0.2) is 0 Å². The van der Waals surface area contributed by atoms with E-state index in [1.807, 2.05) is 11.8 Å². The number of ether oxygens (including phenoxy) is 1. The van der Waals surface area contributed by atoms with Crippen LogP contribution in [0.3, 0.4) is 0 Å². The lowest BCUT2D eigenvalue weighted by molar-refractivity contribution is -0.143. The number of rotatable bonds is 2. The first-order valence-electron chi connectivity index (χ1n) is 8.50. The Kier molecular flexibility index (Phi) is 5.14. The van der Waals surface area contributed by atoms with Crippen LogP contribution in [-0.2, 0) is 9.53 Å². The average molecular weight is 334 g/mol. The minimum absolute atomic E-state index is 0.0208. The Hall–Kier alpha value is -1.95. The smallest absolute Gasteiger partial charge is 0.253 e. The highest BCUT2D eigenvalue weighted by Crippen LogP contribution is 2.22. The van der Waals surface area contributed by atoms with Crippen molar-refractivity contribution < 1.29 is 18.7 Å². The van der Waals surface area contributed by atoms with Crippen molar-refractivity contribution in [1.29, 1.82) is 0 Å². The van der Waals surface area contributed by atoms with E-state index in [-0.39, 0.29) is 29.7 Å². The molecule has 0 aliphatic carbocycles. The number of amides is 2. The van der Waals surface area contributed by atoms with Crippen molar-refractivity contribution in [2.75, 3.05) is 32.8 Å². The first kappa shape index (κ1) is 16.9. The topological polar surface area (TPSA) is 49.9 Å². The van der Waals surface area contributed by atoms with Gasteiger partial charge in [-0.1, -0.05) is 0 Å². The van der Waals surface area contributed by atoms with Gasteiger partial charge in [-0.15, -0.1) is 0 Å². The number of hydrogen-bond donors (Lipinski definition) is 0. The molecule has 2 saturated heterocycles. The fraction of sp³-hybridized carbons (Fsp3) is 0.556. The molecule has 2 aliphatic heterocycles. The zero-order valence-corrected chi connectivity index (χ0v) is 13.9. The van der Waals surface area contributed by atoms with Crippen molar-refractivity contribution in [3.8, 4) is 0 Å². The molecule has 1 aromatic carbocycles. The van der Waals surface area contributed by atoms with Crippen LogP contribution in [0.5, 0.6) is 0 Å². The Morgan fingerprint density at radius 2 is 1.75 bits per heavy atom. The van der Waals surface area contributed by atoms with E-state index in [0.29, 0.717) is 51.2 Å². The van der Waals surface area contributed by atoms with Crippen LogP contribution >= 0.6 is 0 Å². The average Bonchev–Trinajstić information content (AvgIpc) is 2.61. The summed E-state index contributed by atoms with van der Waals surface area (Å²) in [5.41, 5.74) is 0.489. The third-order valence-electron chi connectivity index (χ3n) is 4.78. The maximum absolute atomic E-state index is 13.0. The molecule has 0 radical (unpaired) electrons. The first-order valence-corrected chi connectivity index (χ1v) is 8.50. The molecule has 0 aromatic heterocycles. The lowest BCUT2D eigenvalue weighted by Gasteiger charge is -2.37. The minimum atomic E-state index is -0.351. The minimum Gasteiger partial charge on any atom is -0.375 e. The van der Waals surface area contributed by atoms with Gasteiger partial charge in [-0.25, -0.2) is 4.39 Å². The van der Waals surface area contributed by atoms with E-state index in [2.05, 4.69) is 0 Å². The molecule has 6 heteroatoms. The van der Waals surface area contributed by atoms with E-state index in [1.165, 1.54) is 24.3 Å². The molecule has 2 heterocycles. The van der Waals surface area contributed by atoms with Crippen molar-refractivity contribution in [3.63, 3.8) is 0 Å². The van der Waals surface area contributed by atoms with Crippen molar-refractivity contribution in [2.45, 2.75) is 25.9 Å². The van der Waals surface area contributed by atoms with Crippen LogP contribution in [0, 0.1) is 11.7 Å². The summed E-state index contributed by atoms with van der Waals surface area (Å²) in [4.78, 5) is 28.7. The predicted octanol–water partition coefficient (Wildman–Crippen LogP) is 1.93. The Bertz CT molecular complexity index is 597. The van der Waals surface area contributed by atoms with Gasteiger partial charge in [-0.05, 0) is 44.0 Å². The highest BCUT2D eigenvalue weighted by atomic mass is 19.1. The zero-order chi connectivity index (χ0) is 17.1. The van der Waals surface area contributed by atoms with Gasteiger partial charge >= 0.3 is 0 Å². The molecule has 0 bridgehead atoms. The maximum atomic E-state index is 13.0. The zero-order valence-electron chi connectivity index (χ0n) is 13.9. The van der Waals surface area contributed by atoms with Gasteiger partial charge in [-0.2, -0.15) is 0 Å². The Morgan fingerprint density at radius 3 is 2.38 bits per heavy atom. The van der Waals surface area contributed by atoms with Gasteiger partial charge in [0.25, 0.3) is 5.91 Å². The number of nitrogens with zero attached hydrogens (tertiary/aromatic N) is 2. The fourth-order valence-corrected chi connectivity index (χ4v) is 3.38. The summed E-state index contributed by atoms with van der Waals surface area (Å²) >= 11 is 0. The van der Waals surface area contributed by atoms with Gasteiger partial charge < -0.3 is 14.5 Å². The van der Waals surface area contributed by atoms with Crippen LogP contribution in [0.1, 0.15) is 30.1 Å². The van der Waals surface area contributed by atoms with Crippen LogP contribution in [0.15, 0.2) is 24.3 Å². The fourth-order valence-electron chi connectivity index (χ4n) is 3.38. The summed E-state index contributed by atoms with van der Waals surface area (Å²) in [6, 6.07) is 5.60. The molecule has 0 saturated carbocycles. The summed E-state index contributed by atoms with van der Waals surface area (Å²) in [5.74, 6) is -0.289. The second-order valence-electron chi connectivity index (χ2n) is 6.54. The number of benzene rings is 1. The van der Waals surface area contributed by atoms with Crippen molar-refractivity contribution in [1.82, 2.24) is 9.80 Å². The standard InChI is InChI=1S/C18H23FN2O3/c1-13-12-21(10-11-24-13)18(23)15-6-8-20(9-7-15)17(22)14-2-4-16(19)5-3-14/h2-5,13,15H,6-12H2,1H3/t13-/m0/s1. The molecular formula is C18H23FN2O3. The van der Waals surface area contributed by atoms with Crippen LogP contribution in [0.4, 0.5) is 4.39 Å². The SMILES string of the molecule is C[C@H]1CN(C(=O)C2CCN(C(=O)c3ccc(F)cc3)CC2)CCO1. The molecule has 1 aromatic rings. The van der Waals surface area contributed by atoms with Crippen molar-refractivity contribution in [3.05, 3.63) is 35.6 Å². The van der Waals surface area contributed by atoms with E-state index >= 15 is 0 Å². The van der Waals surface area contributed by atoms with Gasteiger partial charge in [0, 0.05) is 37.7 Å². The summed E-state index contributed by atoms with van der Waals surface area (Å²) in [6.45, 7) is 4.99. The Balaban J connectivity index is 1.54. The van der Waals surface area contributed by atoms with Gasteiger partial charge in [0.1, 0.15) is 5.82 Å². The molecule has 0 N–H and O–H groups in total. The maximum Gasteiger partial charge on any atom is 0.253 e. The van der Waals surface area contributed by atoms with E-state index < -0.39 is 0 Å². The molecule has 3 rings (SSSR count). The molecule has 130 valence electrons. The second kappa shape index (κ2) is 7.30. The van der Waals surface area contributed by atoms with Crippen LogP contribution in [0.2, 0.25) is 0 Å². The van der Waals surface area contributed by atoms with Gasteiger partial charge in [-0.3, -0.25) is 9.59 Å². The van der Waals surface area contributed by atoms with E-state index in [0.717, 1.165) is 0 Å². The van der Waals surface area contributed by atoms with E-state index in [9.17, 15) is 14.0 Å². The third-order valence-corrected chi connectivity index (χ3v) is 4.78. The molecule has 0 spiro atoms. The molecule has 5 nitrogen and oxygen atoms in total. The number of piperidine rings is 1. The number of likely N-dealkylation sites (tertiary alicyclic amines) is 1. The van der Waals surface area contributed by atoms with Gasteiger partial charge in [0.2, 0.25) is 5.91 Å². The third kappa shape index (κ3) is 3.75. The Morgan fingerprint density at radius 1 is 1.08 bits per heavy atom. The number of carbonyl (C=O) groups is 2. The lowest BCUT2D eigenvalue weighted by Crippen LogP contribution is -2.49. The predicted molar refractivity (Wildman–Crippen MR) is 87.0 cm³/mol. The van der Waals surface area contributed by atoms with Crippen LogP contribution in [0.25, 0.3) is 0 Å². The number of hydrogen-bond acceptors (Lipinski definition) is 3. The number of halogens is 1. The number of morpholine rings is 1. The summed E-state index contributed by atoms with van der Waals surface area (Å²) in [6.07, 6.45) is 1.44. The van der Waals surface area contributed by atoms with E-state index in [1.54, 1.807) is 4.90 Å². The molecular weight excluding hydrogens is 311 g/mol. The molecule has 2 amide bonds. The quantitative estimate of drug-likeness (QED) is 0.830. The van der Waals surface area contributed by atoms with Gasteiger partial charge in [0.05, 0.1) is 12.7 Å². The Labute approximate surface area is 141 Å². The van der Waals surface area contributed by atoms with Crippen molar-refractivity contribution >= 4 is 11.8 Å². The normalized spacial score (nSPS) is 22.5. The largest absolute Gasteiger partial charge is 0.375 e. The molecule has 1 atom stereocenters. The second-order valence-corrected chi connectivity index (χ2v) is 6.54. The highest BCUT2D eigenvalue weighted by molar-refractivity contribution is 5.94. The van der Waals surface area contributed by atoms with E-state index in [4.69, 9.17) is 4.74 Å². The first-order chi connectivity index (χ1) is 11.5. The highest BCUT2D eigenvalue weighted by Gasteiger charge is 2.32. The monoisotopic (exact) mass is 334 g/mol. The molecule has 0 unspecified atom stereocenters. The van der Waals surface area contributed by atoms with Crippen LogP contribution < -0.4 is 0 Å². The molecule has 2 fully saturated rings. The lowest BCUT2D eigenvalue weighted by atomic mass is 9.94.